The van der Waals surface area contributed by atoms with Gasteiger partial charge in [0.25, 0.3) is 0 Å². The van der Waals surface area contributed by atoms with Gasteiger partial charge in [-0.05, 0) is 54.7 Å². The highest BCUT2D eigenvalue weighted by atomic mass is 16.2. The summed E-state index contributed by atoms with van der Waals surface area (Å²) in [6, 6.07) is 6.18. The van der Waals surface area contributed by atoms with Gasteiger partial charge in [-0.25, -0.2) is 9.78 Å². The molecule has 1 aliphatic rings. The highest BCUT2D eigenvalue weighted by Gasteiger charge is 2.19. The zero-order chi connectivity index (χ0) is 15.5. The van der Waals surface area contributed by atoms with Gasteiger partial charge in [-0.1, -0.05) is 6.07 Å². The SMILES string of the molecule is CCN(C(=O)NC)c1ccc2c(c1)/C(=C/c1cnc[nH]1)CC2. The quantitative estimate of drug-likeness (QED) is 0.914. The first kappa shape index (κ1) is 14.4. The fourth-order valence-corrected chi connectivity index (χ4v) is 2.91. The number of hydrogen-bond donors (Lipinski definition) is 2. The minimum Gasteiger partial charge on any atom is -0.345 e. The summed E-state index contributed by atoms with van der Waals surface area (Å²) < 4.78 is 0. The van der Waals surface area contributed by atoms with E-state index in [-0.39, 0.29) is 6.03 Å². The third-order valence-electron chi connectivity index (χ3n) is 4.04. The lowest BCUT2D eigenvalue weighted by Gasteiger charge is -2.21. The fourth-order valence-electron chi connectivity index (χ4n) is 2.91. The van der Waals surface area contributed by atoms with E-state index in [1.807, 2.05) is 19.2 Å². The van der Waals surface area contributed by atoms with Crippen LogP contribution in [0.1, 0.15) is 30.2 Å². The Balaban J connectivity index is 1.97. The number of imidazole rings is 1. The van der Waals surface area contributed by atoms with E-state index in [0.29, 0.717) is 6.54 Å². The molecule has 1 aromatic heterocycles. The predicted octanol–water partition coefficient (Wildman–Crippen LogP) is 3.06. The summed E-state index contributed by atoms with van der Waals surface area (Å²) >= 11 is 0. The van der Waals surface area contributed by atoms with Gasteiger partial charge < -0.3 is 10.3 Å². The normalized spacial score (nSPS) is 14.9. The topological polar surface area (TPSA) is 61.0 Å². The molecular weight excluding hydrogens is 276 g/mol. The summed E-state index contributed by atoms with van der Waals surface area (Å²) in [5.74, 6) is 0. The molecule has 0 saturated carbocycles. The van der Waals surface area contributed by atoms with Crippen LogP contribution in [0.3, 0.4) is 0 Å². The Morgan fingerprint density at radius 3 is 3.00 bits per heavy atom. The van der Waals surface area contributed by atoms with Crippen molar-refractivity contribution in [2.75, 3.05) is 18.5 Å². The van der Waals surface area contributed by atoms with Gasteiger partial charge in [0, 0.05) is 19.3 Å². The molecular formula is C17H20N4O. The molecule has 0 spiro atoms. The number of benzene rings is 1. The standard InChI is InChI=1S/C17H20N4O/c1-3-21(17(22)18-2)15-7-6-12-4-5-13(16(12)9-15)8-14-10-19-11-20-14/h6-11H,3-5H2,1-2H3,(H,18,22)(H,19,20)/b13-8+. The molecule has 2 aromatic rings. The molecule has 0 atom stereocenters. The van der Waals surface area contributed by atoms with Crippen LogP contribution in [0.2, 0.25) is 0 Å². The van der Waals surface area contributed by atoms with Gasteiger partial charge in [0.15, 0.2) is 0 Å². The molecule has 3 rings (SSSR count). The van der Waals surface area contributed by atoms with Gasteiger partial charge in [0.05, 0.1) is 18.2 Å². The lowest BCUT2D eigenvalue weighted by atomic mass is 10.0. The second kappa shape index (κ2) is 6.05. The van der Waals surface area contributed by atoms with Crippen LogP contribution < -0.4 is 10.2 Å². The van der Waals surface area contributed by atoms with Crippen LogP contribution in [0.4, 0.5) is 10.5 Å². The Bertz CT molecular complexity index is 703. The van der Waals surface area contributed by atoms with Gasteiger partial charge >= 0.3 is 6.03 Å². The van der Waals surface area contributed by atoms with E-state index in [1.165, 1.54) is 16.7 Å². The van der Waals surface area contributed by atoms with E-state index < -0.39 is 0 Å². The molecule has 2 N–H and O–H groups in total. The van der Waals surface area contributed by atoms with Crippen LogP contribution in [0, 0.1) is 0 Å². The molecule has 1 aromatic carbocycles. The summed E-state index contributed by atoms with van der Waals surface area (Å²) in [5, 5.41) is 2.69. The van der Waals surface area contributed by atoms with Crippen molar-refractivity contribution in [3.8, 4) is 0 Å². The number of aromatic amines is 1. The molecule has 1 heterocycles. The third-order valence-corrected chi connectivity index (χ3v) is 4.04. The molecule has 1 aliphatic carbocycles. The number of fused-ring (bicyclic) bond motifs is 1. The van der Waals surface area contributed by atoms with Crippen molar-refractivity contribution in [1.29, 1.82) is 0 Å². The van der Waals surface area contributed by atoms with Crippen LogP contribution in [-0.4, -0.2) is 29.6 Å². The Labute approximate surface area is 130 Å². The number of H-pyrrole nitrogens is 1. The number of carbonyl (C=O) groups is 1. The van der Waals surface area contributed by atoms with E-state index >= 15 is 0 Å². The van der Waals surface area contributed by atoms with E-state index in [2.05, 4.69) is 33.5 Å². The molecule has 0 aliphatic heterocycles. The number of nitrogens with zero attached hydrogens (tertiary/aromatic N) is 2. The van der Waals surface area contributed by atoms with Crippen molar-refractivity contribution in [3.63, 3.8) is 0 Å². The van der Waals surface area contributed by atoms with Gasteiger partial charge in [0.1, 0.15) is 0 Å². The van der Waals surface area contributed by atoms with Gasteiger partial charge in [-0.2, -0.15) is 0 Å². The van der Waals surface area contributed by atoms with E-state index in [4.69, 9.17) is 0 Å². The molecule has 5 nitrogen and oxygen atoms in total. The van der Waals surface area contributed by atoms with Gasteiger partial charge in [-0.3, -0.25) is 4.90 Å². The van der Waals surface area contributed by atoms with E-state index in [1.54, 1.807) is 18.3 Å². The Kier molecular flexibility index (Phi) is 3.96. The third kappa shape index (κ3) is 2.62. The molecule has 114 valence electrons. The number of nitrogens with one attached hydrogen (secondary N) is 2. The van der Waals surface area contributed by atoms with Crippen molar-refractivity contribution in [3.05, 3.63) is 47.5 Å². The van der Waals surface area contributed by atoms with Crippen LogP contribution >= 0.6 is 0 Å². The molecule has 22 heavy (non-hydrogen) atoms. The van der Waals surface area contributed by atoms with E-state index in [0.717, 1.165) is 24.2 Å². The maximum Gasteiger partial charge on any atom is 0.321 e. The second-order valence-electron chi connectivity index (χ2n) is 5.32. The van der Waals surface area contributed by atoms with Crippen molar-refractivity contribution < 1.29 is 4.79 Å². The van der Waals surface area contributed by atoms with Crippen LogP contribution in [-0.2, 0) is 6.42 Å². The van der Waals surface area contributed by atoms with Crippen molar-refractivity contribution in [2.24, 2.45) is 0 Å². The molecule has 2 amide bonds. The Hall–Kier alpha value is -2.56. The number of aromatic nitrogens is 2. The van der Waals surface area contributed by atoms with Crippen LogP contribution in [0.25, 0.3) is 11.6 Å². The average Bonchev–Trinajstić information content (AvgIpc) is 3.18. The first-order chi connectivity index (χ1) is 10.7. The maximum absolute atomic E-state index is 12.0. The van der Waals surface area contributed by atoms with Crippen molar-refractivity contribution in [2.45, 2.75) is 19.8 Å². The number of carbonyl (C=O) groups excluding carboxylic acids is 1. The fraction of sp³-hybridized carbons (Fsp3) is 0.294. The molecule has 0 fully saturated rings. The number of amides is 2. The number of aryl methyl sites for hydroxylation is 1. The summed E-state index contributed by atoms with van der Waals surface area (Å²) in [6.45, 7) is 2.61. The highest BCUT2D eigenvalue weighted by Crippen LogP contribution is 2.36. The summed E-state index contributed by atoms with van der Waals surface area (Å²) in [6.07, 6.45) is 7.70. The second-order valence-corrected chi connectivity index (χ2v) is 5.32. The zero-order valence-corrected chi connectivity index (χ0v) is 12.9. The zero-order valence-electron chi connectivity index (χ0n) is 12.9. The minimum atomic E-state index is -0.0838. The monoisotopic (exact) mass is 296 g/mol. The number of hydrogen-bond acceptors (Lipinski definition) is 2. The number of anilines is 1. The van der Waals surface area contributed by atoms with Crippen LogP contribution in [0.5, 0.6) is 0 Å². The molecule has 0 unspecified atom stereocenters. The van der Waals surface area contributed by atoms with Gasteiger partial charge in [0.2, 0.25) is 0 Å². The number of allylic oxidation sites excluding steroid dienone is 1. The number of urea groups is 1. The predicted molar refractivity (Wildman–Crippen MR) is 88.7 cm³/mol. The minimum absolute atomic E-state index is 0.0838. The Morgan fingerprint density at radius 2 is 2.32 bits per heavy atom. The number of rotatable bonds is 3. The van der Waals surface area contributed by atoms with Crippen molar-refractivity contribution in [1.82, 2.24) is 15.3 Å². The summed E-state index contributed by atoms with van der Waals surface area (Å²) in [5.41, 5.74) is 5.79. The molecule has 0 bridgehead atoms. The average molecular weight is 296 g/mol. The molecule has 0 radical (unpaired) electrons. The molecule has 0 saturated heterocycles. The van der Waals surface area contributed by atoms with Crippen molar-refractivity contribution >= 4 is 23.4 Å². The lowest BCUT2D eigenvalue weighted by molar-refractivity contribution is 0.248. The van der Waals surface area contributed by atoms with Crippen LogP contribution in [0.15, 0.2) is 30.7 Å². The van der Waals surface area contributed by atoms with E-state index in [9.17, 15) is 4.79 Å². The van der Waals surface area contributed by atoms with Gasteiger partial charge in [-0.15, -0.1) is 0 Å². The highest BCUT2D eigenvalue weighted by molar-refractivity contribution is 5.93. The summed E-state index contributed by atoms with van der Waals surface area (Å²) in [4.78, 5) is 20.9. The first-order valence-corrected chi connectivity index (χ1v) is 7.54. The Morgan fingerprint density at radius 1 is 1.45 bits per heavy atom. The largest absolute Gasteiger partial charge is 0.345 e. The summed E-state index contributed by atoms with van der Waals surface area (Å²) in [7, 11) is 1.65. The lowest BCUT2D eigenvalue weighted by Crippen LogP contribution is -2.37. The maximum atomic E-state index is 12.0. The smallest absolute Gasteiger partial charge is 0.321 e. The first-order valence-electron chi connectivity index (χ1n) is 7.54. The molecule has 5 heteroatoms.